The highest BCUT2D eigenvalue weighted by Crippen LogP contribution is 2.35. The number of ether oxygens (including phenoxy) is 1. The highest BCUT2D eigenvalue weighted by atomic mass is 16.5. The molecule has 2 N–H and O–H groups in total. The van der Waals surface area contributed by atoms with Gasteiger partial charge in [-0.15, -0.1) is 0 Å². The topological polar surface area (TPSA) is 65.2 Å². The van der Waals surface area contributed by atoms with Crippen molar-refractivity contribution in [1.82, 2.24) is 4.98 Å². The lowest BCUT2D eigenvalue weighted by Gasteiger charge is -2.27. The van der Waals surface area contributed by atoms with Crippen LogP contribution >= 0.6 is 0 Å². The fraction of sp³-hybridized carbons (Fsp3) is 0.600. The Morgan fingerprint density at radius 2 is 2.11 bits per heavy atom. The smallest absolute Gasteiger partial charge is 0.308 e. The predicted octanol–water partition coefficient (Wildman–Crippen LogP) is 2.38. The van der Waals surface area contributed by atoms with Gasteiger partial charge >= 0.3 is 5.97 Å². The maximum atomic E-state index is 11.7. The molecule has 1 heterocycles. The van der Waals surface area contributed by atoms with Gasteiger partial charge in [-0.05, 0) is 44.7 Å². The van der Waals surface area contributed by atoms with Crippen LogP contribution in [0.25, 0.3) is 0 Å². The maximum absolute atomic E-state index is 11.7. The quantitative estimate of drug-likeness (QED) is 0.846. The third-order valence-corrected chi connectivity index (χ3v) is 3.80. The zero-order valence-electron chi connectivity index (χ0n) is 11.5. The van der Waals surface area contributed by atoms with Gasteiger partial charge in [0.15, 0.2) is 0 Å². The van der Waals surface area contributed by atoms with Crippen molar-refractivity contribution in [3.8, 4) is 0 Å². The number of carbonyl (C=O) groups is 1. The van der Waals surface area contributed by atoms with Crippen LogP contribution in [-0.2, 0) is 16.1 Å². The average Bonchev–Trinajstić information content (AvgIpc) is 2.48. The van der Waals surface area contributed by atoms with E-state index >= 15 is 0 Å². The van der Waals surface area contributed by atoms with E-state index in [1.54, 1.807) is 0 Å². The molecule has 0 aliphatic heterocycles. The van der Waals surface area contributed by atoms with Gasteiger partial charge in [0.2, 0.25) is 0 Å². The molecule has 4 heteroatoms. The number of nitrogens with zero attached hydrogens (tertiary/aromatic N) is 1. The third kappa shape index (κ3) is 3.53. The van der Waals surface area contributed by atoms with E-state index in [-0.39, 0.29) is 11.9 Å². The summed E-state index contributed by atoms with van der Waals surface area (Å²) in [7, 11) is 0. The monoisotopic (exact) mass is 262 g/mol. The molecule has 1 saturated carbocycles. The molecule has 0 radical (unpaired) electrons. The van der Waals surface area contributed by atoms with E-state index in [4.69, 9.17) is 10.5 Å². The lowest BCUT2D eigenvalue weighted by Crippen LogP contribution is -2.23. The van der Waals surface area contributed by atoms with Gasteiger partial charge in [0.05, 0.1) is 18.2 Å². The average molecular weight is 262 g/mol. The Kier molecular flexibility index (Phi) is 4.91. The van der Waals surface area contributed by atoms with Crippen LogP contribution in [-0.4, -0.2) is 17.6 Å². The largest absolute Gasteiger partial charge is 0.466 e. The van der Waals surface area contributed by atoms with Gasteiger partial charge < -0.3 is 10.5 Å². The molecule has 1 aliphatic carbocycles. The molecule has 0 spiro atoms. The second-order valence-electron chi connectivity index (χ2n) is 5.06. The van der Waals surface area contributed by atoms with Gasteiger partial charge in [-0.25, -0.2) is 0 Å². The van der Waals surface area contributed by atoms with Crippen LogP contribution in [0.5, 0.6) is 0 Å². The minimum absolute atomic E-state index is 0.0374. The zero-order chi connectivity index (χ0) is 13.7. The summed E-state index contributed by atoms with van der Waals surface area (Å²) < 4.78 is 5.09. The molecule has 104 valence electrons. The van der Waals surface area contributed by atoms with Gasteiger partial charge in [0.1, 0.15) is 0 Å². The Bertz CT molecular complexity index is 426. The van der Waals surface area contributed by atoms with Gasteiger partial charge in [-0.1, -0.05) is 6.07 Å². The standard InChI is InChI=1S/C15H22N2O2/c1-2-19-15(18)12-8-6-11(7-9-12)14-5-3-4-13(10-16)17-14/h3-5,11-12H,2,6-10,16H2,1H3. The maximum Gasteiger partial charge on any atom is 0.308 e. The number of aromatic nitrogens is 1. The van der Waals surface area contributed by atoms with Crippen LogP contribution in [0, 0.1) is 5.92 Å². The molecule has 2 rings (SSSR count). The lowest BCUT2D eigenvalue weighted by atomic mass is 9.80. The summed E-state index contributed by atoms with van der Waals surface area (Å²) in [5, 5.41) is 0. The molecule has 0 aromatic carbocycles. The van der Waals surface area contributed by atoms with Crippen molar-refractivity contribution >= 4 is 5.97 Å². The number of hydrogen-bond donors (Lipinski definition) is 1. The van der Waals surface area contributed by atoms with Crippen LogP contribution in [0.2, 0.25) is 0 Å². The molecular formula is C15H22N2O2. The first-order chi connectivity index (χ1) is 9.24. The number of esters is 1. The first kappa shape index (κ1) is 14.0. The Hall–Kier alpha value is -1.42. The molecule has 1 aliphatic rings. The molecule has 0 saturated heterocycles. The lowest BCUT2D eigenvalue weighted by molar-refractivity contribution is -0.149. The summed E-state index contributed by atoms with van der Waals surface area (Å²) in [5.74, 6) is 0.496. The summed E-state index contributed by atoms with van der Waals surface area (Å²) in [5.41, 5.74) is 7.67. The number of hydrogen-bond acceptors (Lipinski definition) is 4. The van der Waals surface area contributed by atoms with Crippen molar-refractivity contribution in [1.29, 1.82) is 0 Å². The summed E-state index contributed by atoms with van der Waals surface area (Å²) in [6.45, 7) is 2.80. The molecule has 4 nitrogen and oxygen atoms in total. The Morgan fingerprint density at radius 3 is 2.74 bits per heavy atom. The van der Waals surface area contributed by atoms with Crippen LogP contribution in [0.4, 0.5) is 0 Å². The second kappa shape index (κ2) is 6.66. The highest BCUT2D eigenvalue weighted by Gasteiger charge is 2.28. The summed E-state index contributed by atoms with van der Waals surface area (Å²) in [4.78, 5) is 16.3. The van der Waals surface area contributed by atoms with E-state index in [2.05, 4.69) is 11.1 Å². The minimum atomic E-state index is -0.0374. The van der Waals surface area contributed by atoms with E-state index in [1.165, 1.54) is 0 Å². The van der Waals surface area contributed by atoms with Crippen LogP contribution in [0.3, 0.4) is 0 Å². The van der Waals surface area contributed by atoms with Crippen LogP contribution in [0.15, 0.2) is 18.2 Å². The highest BCUT2D eigenvalue weighted by molar-refractivity contribution is 5.72. The fourth-order valence-electron chi connectivity index (χ4n) is 2.72. The molecular weight excluding hydrogens is 240 g/mol. The molecule has 0 unspecified atom stereocenters. The zero-order valence-corrected chi connectivity index (χ0v) is 11.5. The third-order valence-electron chi connectivity index (χ3n) is 3.80. The van der Waals surface area contributed by atoms with Crippen LogP contribution < -0.4 is 5.73 Å². The Morgan fingerprint density at radius 1 is 1.37 bits per heavy atom. The first-order valence-corrected chi connectivity index (χ1v) is 7.07. The molecule has 19 heavy (non-hydrogen) atoms. The first-order valence-electron chi connectivity index (χ1n) is 7.07. The van der Waals surface area contributed by atoms with Crippen molar-refractivity contribution in [3.05, 3.63) is 29.6 Å². The summed E-state index contributed by atoms with van der Waals surface area (Å²) in [6.07, 6.45) is 3.81. The fourth-order valence-corrected chi connectivity index (χ4v) is 2.72. The van der Waals surface area contributed by atoms with E-state index in [0.717, 1.165) is 37.1 Å². The molecule has 1 fully saturated rings. The van der Waals surface area contributed by atoms with Crippen LogP contribution in [0.1, 0.15) is 49.9 Å². The minimum Gasteiger partial charge on any atom is -0.466 e. The van der Waals surface area contributed by atoms with Gasteiger partial charge in [0.25, 0.3) is 0 Å². The normalized spacial score (nSPS) is 23.1. The van der Waals surface area contributed by atoms with Crippen molar-refractivity contribution in [2.24, 2.45) is 11.7 Å². The molecule has 0 bridgehead atoms. The number of nitrogens with two attached hydrogens (primary N) is 1. The van der Waals surface area contributed by atoms with Gasteiger partial charge in [-0.2, -0.15) is 0 Å². The van der Waals surface area contributed by atoms with E-state index < -0.39 is 0 Å². The van der Waals surface area contributed by atoms with Gasteiger partial charge in [-0.3, -0.25) is 9.78 Å². The predicted molar refractivity (Wildman–Crippen MR) is 73.5 cm³/mol. The van der Waals surface area contributed by atoms with Gasteiger partial charge in [0, 0.05) is 18.2 Å². The van der Waals surface area contributed by atoms with E-state index in [0.29, 0.717) is 19.1 Å². The Balaban J connectivity index is 1.94. The Labute approximate surface area is 114 Å². The van der Waals surface area contributed by atoms with Crippen molar-refractivity contribution in [3.63, 3.8) is 0 Å². The number of pyridine rings is 1. The van der Waals surface area contributed by atoms with Crippen molar-refractivity contribution in [2.75, 3.05) is 6.61 Å². The molecule has 1 aromatic rings. The van der Waals surface area contributed by atoms with E-state index in [9.17, 15) is 4.79 Å². The summed E-state index contributed by atoms with van der Waals surface area (Å²) in [6, 6.07) is 6.03. The number of rotatable bonds is 4. The number of carbonyl (C=O) groups excluding carboxylic acids is 1. The second-order valence-corrected chi connectivity index (χ2v) is 5.06. The van der Waals surface area contributed by atoms with E-state index in [1.807, 2.05) is 19.1 Å². The molecule has 0 amide bonds. The molecule has 1 aromatic heterocycles. The summed E-state index contributed by atoms with van der Waals surface area (Å²) >= 11 is 0. The van der Waals surface area contributed by atoms with Crippen molar-refractivity contribution < 1.29 is 9.53 Å². The SMILES string of the molecule is CCOC(=O)C1CCC(c2cccc(CN)n2)CC1. The van der Waals surface area contributed by atoms with Crippen molar-refractivity contribution in [2.45, 2.75) is 45.1 Å². The molecule has 0 atom stereocenters.